The lowest BCUT2D eigenvalue weighted by atomic mass is 10.0. The number of hydrogen-bond donors (Lipinski definition) is 0. The number of benzene rings is 1. The van der Waals surface area contributed by atoms with Crippen molar-refractivity contribution >= 4 is 11.8 Å². The van der Waals surface area contributed by atoms with Gasteiger partial charge in [0.1, 0.15) is 11.4 Å². The summed E-state index contributed by atoms with van der Waals surface area (Å²) in [6.07, 6.45) is 5.57. The summed E-state index contributed by atoms with van der Waals surface area (Å²) in [5.41, 5.74) is 2.29. The largest absolute Gasteiger partial charge is 0.483 e. The maximum absolute atomic E-state index is 5.97. The van der Waals surface area contributed by atoms with Crippen molar-refractivity contribution < 1.29 is 4.74 Å². The normalized spacial score (nSPS) is 21.0. The zero-order valence-corrected chi connectivity index (χ0v) is 9.86. The Hall–Kier alpha value is -1.44. The van der Waals surface area contributed by atoms with E-state index in [9.17, 15) is 0 Å². The van der Waals surface area contributed by atoms with E-state index in [-0.39, 0.29) is 5.60 Å². The Morgan fingerprint density at radius 2 is 2.06 bits per heavy atom. The molecule has 0 saturated carbocycles. The molecular weight excluding hydrogens is 198 g/mol. The maximum Gasteiger partial charge on any atom is 0.129 e. The Morgan fingerprint density at radius 1 is 1.25 bits per heavy atom. The molecule has 0 bridgehead atoms. The van der Waals surface area contributed by atoms with E-state index in [4.69, 9.17) is 4.74 Å². The summed E-state index contributed by atoms with van der Waals surface area (Å²) in [6, 6.07) is 6.50. The molecule has 2 aliphatic rings. The van der Waals surface area contributed by atoms with Gasteiger partial charge < -0.3 is 9.64 Å². The van der Waals surface area contributed by atoms with Crippen LogP contribution in [0.25, 0.3) is 6.08 Å². The second-order valence-corrected chi connectivity index (χ2v) is 5.10. The molecule has 0 radical (unpaired) electrons. The summed E-state index contributed by atoms with van der Waals surface area (Å²) in [4.78, 5) is 2.38. The average Bonchev–Trinajstić information content (AvgIpc) is 2.13. The molecule has 1 fully saturated rings. The number of hydrogen-bond acceptors (Lipinski definition) is 2. The van der Waals surface area contributed by atoms with E-state index in [0.717, 1.165) is 5.75 Å². The first-order chi connectivity index (χ1) is 7.64. The van der Waals surface area contributed by atoms with Crippen LogP contribution in [-0.2, 0) is 0 Å². The van der Waals surface area contributed by atoms with Crippen molar-refractivity contribution in [2.24, 2.45) is 0 Å². The zero-order valence-electron chi connectivity index (χ0n) is 9.86. The molecule has 0 unspecified atom stereocenters. The van der Waals surface area contributed by atoms with Crippen molar-refractivity contribution in [3.63, 3.8) is 0 Å². The number of ether oxygens (including phenoxy) is 1. The summed E-state index contributed by atoms with van der Waals surface area (Å²) in [7, 11) is 0. The van der Waals surface area contributed by atoms with Crippen molar-refractivity contribution in [2.45, 2.75) is 25.9 Å². The lowest BCUT2D eigenvalue weighted by Gasteiger charge is -2.35. The van der Waals surface area contributed by atoms with Gasteiger partial charge in [0, 0.05) is 30.4 Å². The van der Waals surface area contributed by atoms with Gasteiger partial charge in [0.15, 0.2) is 0 Å². The molecule has 16 heavy (non-hydrogen) atoms. The van der Waals surface area contributed by atoms with Gasteiger partial charge in [-0.1, -0.05) is 6.08 Å². The van der Waals surface area contributed by atoms with Gasteiger partial charge in [0.25, 0.3) is 0 Å². The minimum atomic E-state index is -0.180. The Balaban J connectivity index is 1.95. The van der Waals surface area contributed by atoms with Crippen molar-refractivity contribution in [1.29, 1.82) is 0 Å². The molecule has 2 aliphatic heterocycles. The van der Waals surface area contributed by atoms with E-state index in [1.54, 1.807) is 0 Å². The van der Waals surface area contributed by atoms with Crippen LogP contribution in [0.5, 0.6) is 5.75 Å². The zero-order chi connectivity index (χ0) is 11.2. The van der Waals surface area contributed by atoms with Gasteiger partial charge in [-0.15, -0.1) is 0 Å². The van der Waals surface area contributed by atoms with Crippen molar-refractivity contribution in [1.82, 2.24) is 0 Å². The molecule has 3 rings (SSSR count). The van der Waals surface area contributed by atoms with E-state index in [2.05, 4.69) is 49.1 Å². The molecule has 1 saturated heterocycles. The van der Waals surface area contributed by atoms with E-state index < -0.39 is 0 Å². The predicted molar refractivity (Wildman–Crippen MR) is 67.0 cm³/mol. The molecule has 0 atom stereocenters. The van der Waals surface area contributed by atoms with Crippen LogP contribution in [0, 0.1) is 0 Å². The lowest BCUT2D eigenvalue weighted by molar-refractivity contribution is 0.159. The maximum atomic E-state index is 5.97. The summed E-state index contributed by atoms with van der Waals surface area (Å²) in [5, 5.41) is 0. The highest BCUT2D eigenvalue weighted by molar-refractivity contribution is 5.66. The molecule has 0 amide bonds. The third-order valence-electron chi connectivity index (χ3n) is 3.26. The van der Waals surface area contributed by atoms with Crippen LogP contribution in [0.15, 0.2) is 24.3 Å². The van der Waals surface area contributed by atoms with Gasteiger partial charge >= 0.3 is 0 Å². The van der Waals surface area contributed by atoms with Gasteiger partial charge in [-0.2, -0.15) is 0 Å². The topological polar surface area (TPSA) is 12.5 Å². The van der Waals surface area contributed by atoms with Gasteiger partial charge in [-0.3, -0.25) is 0 Å². The summed E-state index contributed by atoms with van der Waals surface area (Å²) in [6.45, 7) is 6.53. The smallest absolute Gasteiger partial charge is 0.129 e. The van der Waals surface area contributed by atoms with E-state index in [1.165, 1.54) is 30.8 Å². The van der Waals surface area contributed by atoms with Gasteiger partial charge in [0.05, 0.1) is 0 Å². The first-order valence-electron chi connectivity index (χ1n) is 5.91. The third-order valence-corrected chi connectivity index (χ3v) is 3.26. The van der Waals surface area contributed by atoms with Crippen LogP contribution in [0.3, 0.4) is 0 Å². The van der Waals surface area contributed by atoms with Crippen LogP contribution in [0.4, 0.5) is 5.69 Å². The minimum absolute atomic E-state index is 0.180. The number of nitrogens with zero attached hydrogens (tertiary/aromatic N) is 1. The molecule has 1 aromatic rings. The van der Waals surface area contributed by atoms with E-state index >= 15 is 0 Å². The molecule has 0 aromatic heterocycles. The average molecular weight is 215 g/mol. The Kier molecular flexibility index (Phi) is 2.00. The molecule has 2 heteroatoms. The molecular formula is C14H17NO. The van der Waals surface area contributed by atoms with E-state index in [0.29, 0.717) is 0 Å². The summed E-state index contributed by atoms with van der Waals surface area (Å²) in [5.74, 6) is 1.01. The first kappa shape index (κ1) is 9.76. The minimum Gasteiger partial charge on any atom is -0.483 e. The first-order valence-corrected chi connectivity index (χ1v) is 5.91. The molecule has 1 aromatic carbocycles. The SMILES string of the molecule is CC1(C)C=Cc2ccc(N3CCC3)cc2O1. The van der Waals surface area contributed by atoms with Crippen LogP contribution < -0.4 is 9.64 Å². The fourth-order valence-electron chi connectivity index (χ4n) is 2.13. The number of anilines is 1. The second-order valence-electron chi connectivity index (χ2n) is 5.10. The highest BCUT2D eigenvalue weighted by Crippen LogP contribution is 2.34. The van der Waals surface area contributed by atoms with Crippen molar-refractivity contribution in [2.75, 3.05) is 18.0 Å². The second kappa shape index (κ2) is 3.27. The van der Waals surface area contributed by atoms with Gasteiger partial charge in [0.2, 0.25) is 0 Å². The third kappa shape index (κ3) is 1.58. The van der Waals surface area contributed by atoms with Crippen molar-refractivity contribution in [3.05, 3.63) is 29.8 Å². The molecule has 2 nitrogen and oxygen atoms in total. The van der Waals surface area contributed by atoms with Gasteiger partial charge in [-0.25, -0.2) is 0 Å². The fraction of sp³-hybridized carbons (Fsp3) is 0.429. The van der Waals surface area contributed by atoms with E-state index in [1.807, 2.05) is 0 Å². The molecule has 0 N–H and O–H groups in total. The lowest BCUT2D eigenvalue weighted by Crippen LogP contribution is -2.37. The predicted octanol–water partition coefficient (Wildman–Crippen LogP) is 3.08. The molecule has 0 spiro atoms. The Morgan fingerprint density at radius 3 is 2.75 bits per heavy atom. The molecule has 84 valence electrons. The quantitative estimate of drug-likeness (QED) is 0.713. The highest BCUT2D eigenvalue weighted by Gasteiger charge is 2.23. The summed E-state index contributed by atoms with van der Waals surface area (Å²) < 4.78 is 5.97. The summed E-state index contributed by atoms with van der Waals surface area (Å²) >= 11 is 0. The molecule has 2 heterocycles. The van der Waals surface area contributed by atoms with Crippen LogP contribution >= 0.6 is 0 Å². The number of rotatable bonds is 1. The fourth-order valence-corrected chi connectivity index (χ4v) is 2.13. The number of fused-ring (bicyclic) bond motifs is 1. The van der Waals surface area contributed by atoms with Crippen LogP contribution in [0.1, 0.15) is 25.8 Å². The van der Waals surface area contributed by atoms with Crippen LogP contribution in [0.2, 0.25) is 0 Å². The monoisotopic (exact) mass is 215 g/mol. The standard InChI is InChI=1S/C14H17NO/c1-14(2)7-6-11-4-5-12(10-13(11)16-14)15-8-3-9-15/h4-7,10H,3,8-9H2,1-2H3. The molecule has 0 aliphatic carbocycles. The highest BCUT2D eigenvalue weighted by atomic mass is 16.5. The van der Waals surface area contributed by atoms with Gasteiger partial charge in [-0.05, 0) is 38.5 Å². The Labute approximate surface area is 96.5 Å². The van der Waals surface area contributed by atoms with Crippen LogP contribution in [-0.4, -0.2) is 18.7 Å². The Bertz CT molecular complexity index is 444. The van der Waals surface area contributed by atoms with Crippen molar-refractivity contribution in [3.8, 4) is 5.75 Å².